The van der Waals surface area contributed by atoms with Gasteiger partial charge in [-0.05, 0) is 27.7 Å². The molecule has 3 heteroatoms. The Morgan fingerprint density at radius 1 is 1.62 bits per heavy atom. The molecule has 0 saturated heterocycles. The minimum absolute atomic E-state index is 0.227. The van der Waals surface area contributed by atoms with E-state index in [9.17, 15) is 4.79 Å². The summed E-state index contributed by atoms with van der Waals surface area (Å²) in [7, 11) is 0. The number of ether oxygens (including phenoxy) is 1. The molecule has 13 heavy (non-hydrogen) atoms. The molecule has 1 atom stereocenters. The van der Waals surface area contributed by atoms with Crippen molar-refractivity contribution >= 4 is 5.97 Å². The molecule has 0 aromatic rings. The molecule has 0 aliphatic rings. The highest BCUT2D eigenvalue weighted by molar-refractivity contribution is 5.75. The summed E-state index contributed by atoms with van der Waals surface area (Å²) in [5.41, 5.74) is -0.415. The zero-order valence-electron chi connectivity index (χ0n) is 8.89. The predicted molar refractivity (Wildman–Crippen MR) is 53.5 cm³/mol. The molecule has 76 valence electrons. The van der Waals surface area contributed by atoms with Gasteiger partial charge < -0.3 is 10.1 Å². The van der Waals surface area contributed by atoms with Crippen LogP contribution in [0.1, 0.15) is 27.7 Å². The van der Waals surface area contributed by atoms with Crippen LogP contribution in [-0.2, 0) is 9.53 Å². The summed E-state index contributed by atoms with van der Waals surface area (Å²) in [5.74, 6) is -0.227. The van der Waals surface area contributed by atoms with Gasteiger partial charge in [-0.1, -0.05) is 6.08 Å². The van der Waals surface area contributed by atoms with Gasteiger partial charge in [0.05, 0.1) is 0 Å². The van der Waals surface area contributed by atoms with Crippen LogP contribution in [0.2, 0.25) is 0 Å². The maximum Gasteiger partial charge on any atom is 0.323 e. The van der Waals surface area contributed by atoms with Crippen LogP contribution >= 0.6 is 0 Å². The molecule has 0 aromatic heterocycles. The van der Waals surface area contributed by atoms with E-state index in [1.807, 2.05) is 20.8 Å². The van der Waals surface area contributed by atoms with E-state index in [0.29, 0.717) is 6.54 Å². The first kappa shape index (κ1) is 12.2. The highest BCUT2D eigenvalue weighted by Crippen LogP contribution is 2.07. The van der Waals surface area contributed by atoms with Crippen LogP contribution in [0.15, 0.2) is 12.7 Å². The first-order valence-electron chi connectivity index (χ1n) is 4.44. The summed E-state index contributed by atoms with van der Waals surface area (Å²) in [5, 5.41) is 2.96. The molecule has 0 aliphatic heterocycles. The number of carbonyl (C=O) groups is 1. The number of rotatable bonds is 4. The van der Waals surface area contributed by atoms with Crippen LogP contribution in [0, 0.1) is 0 Å². The lowest BCUT2D eigenvalue weighted by Crippen LogP contribution is -2.39. The van der Waals surface area contributed by atoms with Crippen molar-refractivity contribution in [2.45, 2.75) is 39.3 Å². The molecule has 1 unspecified atom stereocenters. The zero-order chi connectivity index (χ0) is 10.5. The first-order chi connectivity index (χ1) is 5.87. The number of nitrogens with one attached hydrogen (secondary N) is 1. The number of esters is 1. The summed E-state index contributed by atoms with van der Waals surface area (Å²) in [4.78, 5) is 11.3. The Hall–Kier alpha value is -0.830. The van der Waals surface area contributed by atoms with Crippen molar-refractivity contribution in [3.63, 3.8) is 0 Å². The van der Waals surface area contributed by atoms with Crippen molar-refractivity contribution in [1.29, 1.82) is 0 Å². The standard InChI is InChI=1S/C10H19NO2/c1-6-7-11-8(2)9(12)13-10(3,4)5/h6,8,11H,1,7H2,2-5H3. The summed E-state index contributed by atoms with van der Waals surface area (Å²) >= 11 is 0. The third-order valence-corrected chi connectivity index (χ3v) is 1.33. The van der Waals surface area contributed by atoms with Gasteiger partial charge in [0, 0.05) is 6.54 Å². The molecule has 0 aromatic carbocycles. The van der Waals surface area contributed by atoms with Gasteiger partial charge in [-0.3, -0.25) is 4.79 Å². The molecule has 1 N–H and O–H groups in total. The maximum absolute atomic E-state index is 11.3. The van der Waals surface area contributed by atoms with Crippen molar-refractivity contribution in [2.75, 3.05) is 6.54 Å². The molecule has 0 fully saturated rings. The van der Waals surface area contributed by atoms with E-state index >= 15 is 0 Å². The van der Waals surface area contributed by atoms with E-state index in [2.05, 4.69) is 11.9 Å². The molecule has 0 radical (unpaired) electrons. The minimum atomic E-state index is -0.415. The van der Waals surface area contributed by atoms with E-state index in [0.717, 1.165) is 0 Å². The molecule has 0 saturated carbocycles. The van der Waals surface area contributed by atoms with E-state index in [1.54, 1.807) is 13.0 Å². The maximum atomic E-state index is 11.3. The Morgan fingerprint density at radius 2 is 2.15 bits per heavy atom. The Morgan fingerprint density at radius 3 is 2.54 bits per heavy atom. The fourth-order valence-electron chi connectivity index (χ4n) is 0.734. The van der Waals surface area contributed by atoms with Gasteiger partial charge in [0.15, 0.2) is 0 Å². The van der Waals surface area contributed by atoms with Crippen molar-refractivity contribution in [2.24, 2.45) is 0 Å². The summed E-state index contributed by atoms with van der Waals surface area (Å²) < 4.78 is 5.16. The summed E-state index contributed by atoms with van der Waals surface area (Å²) in [6.45, 7) is 11.5. The highest BCUT2D eigenvalue weighted by atomic mass is 16.6. The average Bonchev–Trinajstić information content (AvgIpc) is 1.96. The largest absolute Gasteiger partial charge is 0.459 e. The second-order valence-electron chi connectivity index (χ2n) is 3.95. The van der Waals surface area contributed by atoms with Crippen molar-refractivity contribution in [3.8, 4) is 0 Å². The second-order valence-corrected chi connectivity index (χ2v) is 3.95. The molecule has 0 rings (SSSR count). The van der Waals surface area contributed by atoms with Gasteiger partial charge in [-0.2, -0.15) is 0 Å². The Bertz CT molecular complexity index is 182. The Balaban J connectivity index is 3.89. The van der Waals surface area contributed by atoms with Crippen molar-refractivity contribution in [1.82, 2.24) is 5.32 Å². The SMILES string of the molecule is C=CCNC(C)C(=O)OC(C)(C)C. The first-order valence-corrected chi connectivity index (χ1v) is 4.44. The third-order valence-electron chi connectivity index (χ3n) is 1.33. The van der Waals surface area contributed by atoms with Gasteiger partial charge >= 0.3 is 5.97 Å². The molecular formula is C10H19NO2. The van der Waals surface area contributed by atoms with Crippen LogP contribution in [0.25, 0.3) is 0 Å². The quantitative estimate of drug-likeness (QED) is 0.532. The lowest BCUT2D eigenvalue weighted by atomic mass is 10.2. The minimum Gasteiger partial charge on any atom is -0.459 e. The summed E-state index contributed by atoms with van der Waals surface area (Å²) in [6, 6.07) is -0.280. The zero-order valence-corrected chi connectivity index (χ0v) is 8.89. The smallest absolute Gasteiger partial charge is 0.323 e. The van der Waals surface area contributed by atoms with E-state index < -0.39 is 5.60 Å². The van der Waals surface area contributed by atoms with E-state index in [4.69, 9.17) is 4.74 Å². The van der Waals surface area contributed by atoms with Gasteiger partial charge in [0.25, 0.3) is 0 Å². The van der Waals surface area contributed by atoms with E-state index in [-0.39, 0.29) is 12.0 Å². The van der Waals surface area contributed by atoms with Gasteiger partial charge in [-0.25, -0.2) is 0 Å². The van der Waals surface area contributed by atoms with E-state index in [1.165, 1.54) is 0 Å². The number of carbonyl (C=O) groups excluding carboxylic acids is 1. The normalized spacial score (nSPS) is 13.5. The van der Waals surface area contributed by atoms with Crippen LogP contribution in [0.4, 0.5) is 0 Å². The Kier molecular flexibility index (Phi) is 4.70. The van der Waals surface area contributed by atoms with Gasteiger partial charge in [-0.15, -0.1) is 6.58 Å². The molecule has 0 aliphatic carbocycles. The molecule has 3 nitrogen and oxygen atoms in total. The highest BCUT2D eigenvalue weighted by Gasteiger charge is 2.20. The fraction of sp³-hybridized carbons (Fsp3) is 0.700. The second kappa shape index (κ2) is 5.02. The average molecular weight is 185 g/mol. The fourth-order valence-corrected chi connectivity index (χ4v) is 0.734. The third kappa shape index (κ3) is 6.34. The van der Waals surface area contributed by atoms with Crippen LogP contribution < -0.4 is 5.32 Å². The summed E-state index contributed by atoms with van der Waals surface area (Å²) in [6.07, 6.45) is 1.71. The predicted octanol–water partition coefficient (Wildman–Crippen LogP) is 1.49. The number of hydrogen-bond acceptors (Lipinski definition) is 3. The molecule has 0 bridgehead atoms. The Labute approximate surface area is 80.2 Å². The topological polar surface area (TPSA) is 38.3 Å². The van der Waals surface area contributed by atoms with Gasteiger partial charge in [0.1, 0.15) is 11.6 Å². The monoisotopic (exact) mass is 185 g/mol. The van der Waals surface area contributed by atoms with Crippen LogP contribution in [0.5, 0.6) is 0 Å². The lowest BCUT2D eigenvalue weighted by Gasteiger charge is -2.22. The molecule has 0 amide bonds. The van der Waals surface area contributed by atoms with Crippen molar-refractivity contribution < 1.29 is 9.53 Å². The van der Waals surface area contributed by atoms with Gasteiger partial charge in [0.2, 0.25) is 0 Å². The van der Waals surface area contributed by atoms with Crippen molar-refractivity contribution in [3.05, 3.63) is 12.7 Å². The lowest BCUT2D eigenvalue weighted by molar-refractivity contribution is -0.156. The number of hydrogen-bond donors (Lipinski definition) is 1. The van der Waals surface area contributed by atoms with Crippen LogP contribution in [-0.4, -0.2) is 24.2 Å². The molecule has 0 heterocycles. The van der Waals surface area contributed by atoms with Crippen LogP contribution in [0.3, 0.4) is 0 Å². The molecular weight excluding hydrogens is 166 g/mol. The molecule has 0 spiro atoms.